The topological polar surface area (TPSA) is 58.6 Å². The first-order valence-corrected chi connectivity index (χ1v) is 9.16. The molecule has 0 spiro atoms. The Kier molecular flexibility index (Phi) is 13.9. The van der Waals surface area contributed by atoms with Gasteiger partial charge in [-0.05, 0) is 42.3 Å². The number of carbonyl (C=O) groups excluding carboxylic acids is 1. The molecule has 1 aromatic carbocycles. The van der Waals surface area contributed by atoms with Gasteiger partial charge >= 0.3 is 5.97 Å². The Hall–Kier alpha value is -2.17. The third-order valence-electron chi connectivity index (χ3n) is 3.72. The van der Waals surface area contributed by atoms with Crippen molar-refractivity contribution in [2.24, 2.45) is 0 Å². The van der Waals surface area contributed by atoms with E-state index in [2.05, 4.69) is 18.5 Å². The molecule has 144 valence electrons. The van der Waals surface area contributed by atoms with Gasteiger partial charge in [0.15, 0.2) is 0 Å². The first kappa shape index (κ1) is 23.8. The molecule has 4 heteroatoms. The molecule has 0 saturated carbocycles. The highest BCUT2D eigenvalue weighted by molar-refractivity contribution is 5.76. The maximum Gasteiger partial charge on any atom is 0.323 e. The molecule has 0 bridgehead atoms. The molecule has 1 aliphatic rings. The Morgan fingerprint density at radius 3 is 2.54 bits per heavy atom. The molecule has 1 heterocycles. The van der Waals surface area contributed by atoms with Gasteiger partial charge in [-0.1, -0.05) is 69.5 Å². The summed E-state index contributed by atoms with van der Waals surface area (Å²) in [7, 11) is 0. The molecule has 0 aromatic heterocycles. The molecular formula is C22H33NO3. The summed E-state index contributed by atoms with van der Waals surface area (Å²) in [4.78, 5) is 11.1. The fraction of sp³-hybridized carbons (Fsp3) is 0.409. The van der Waals surface area contributed by atoms with Crippen molar-refractivity contribution < 1.29 is 14.6 Å². The maximum absolute atomic E-state index is 11.1. The molecule has 2 rings (SSSR count). The molecule has 4 nitrogen and oxygen atoms in total. The van der Waals surface area contributed by atoms with Gasteiger partial charge in [-0.25, -0.2) is 0 Å². The lowest BCUT2D eigenvalue weighted by Gasteiger charge is -2.07. The van der Waals surface area contributed by atoms with Crippen molar-refractivity contribution in [2.75, 3.05) is 19.8 Å². The zero-order chi connectivity index (χ0) is 19.8. The minimum atomic E-state index is -0.151. The molecule has 2 N–H and O–H groups in total. The lowest BCUT2D eigenvalue weighted by atomic mass is 10.1. The van der Waals surface area contributed by atoms with Crippen molar-refractivity contribution in [1.82, 2.24) is 5.32 Å². The molecule has 1 unspecified atom stereocenters. The zero-order valence-corrected chi connectivity index (χ0v) is 16.3. The van der Waals surface area contributed by atoms with Crippen LogP contribution < -0.4 is 15.8 Å². The SMILES string of the molecule is C=C/C(CO)=c1/cccc/c1=C/C.C=CCOC(=O)C1CCCN1.CC. The van der Waals surface area contributed by atoms with Gasteiger partial charge in [0.2, 0.25) is 0 Å². The van der Waals surface area contributed by atoms with Crippen LogP contribution in [0.1, 0.15) is 33.6 Å². The standard InChI is InChI=1S/C12H14O.C8H13NO2.C2H6/c1-3-10-7-5-6-8-12(10)11(4-2)9-13;1-2-6-11-8(10)7-4-3-5-9-7;1-2/h3-8,13H,2,9H2,1H3;2,7,9H,1,3-6H2;1-2H3/b10-3-,12-11+;;. The van der Waals surface area contributed by atoms with Crippen molar-refractivity contribution in [1.29, 1.82) is 0 Å². The predicted molar refractivity (Wildman–Crippen MR) is 110 cm³/mol. The summed E-state index contributed by atoms with van der Waals surface area (Å²) < 4.78 is 4.86. The molecule has 1 aromatic rings. The summed E-state index contributed by atoms with van der Waals surface area (Å²) in [6.45, 7) is 14.4. The quantitative estimate of drug-likeness (QED) is 0.626. The van der Waals surface area contributed by atoms with E-state index in [1.807, 2.05) is 51.1 Å². The van der Waals surface area contributed by atoms with Crippen LogP contribution in [-0.2, 0) is 9.53 Å². The van der Waals surface area contributed by atoms with Gasteiger partial charge in [-0.15, -0.1) is 0 Å². The molecule has 1 atom stereocenters. The second kappa shape index (κ2) is 15.1. The predicted octanol–water partition coefficient (Wildman–Crippen LogP) is 2.31. The van der Waals surface area contributed by atoms with E-state index in [1.54, 1.807) is 12.2 Å². The molecule has 26 heavy (non-hydrogen) atoms. The van der Waals surface area contributed by atoms with Gasteiger partial charge in [-0.3, -0.25) is 4.79 Å². The summed E-state index contributed by atoms with van der Waals surface area (Å²) in [6.07, 6.45) is 7.26. The fourth-order valence-electron chi connectivity index (χ4n) is 2.43. The second-order valence-corrected chi connectivity index (χ2v) is 5.33. The number of aliphatic hydroxyl groups is 1. The Labute approximate surface area is 157 Å². The van der Waals surface area contributed by atoms with E-state index >= 15 is 0 Å². The average molecular weight is 360 g/mol. The summed E-state index contributed by atoms with van der Waals surface area (Å²) in [6, 6.07) is 7.88. The smallest absolute Gasteiger partial charge is 0.323 e. The Balaban J connectivity index is 0.000000444. The van der Waals surface area contributed by atoms with Gasteiger partial charge < -0.3 is 15.2 Å². The number of rotatable bonds is 5. The summed E-state index contributed by atoms with van der Waals surface area (Å²) in [5.74, 6) is -0.151. The van der Waals surface area contributed by atoms with Crippen molar-refractivity contribution in [3.8, 4) is 0 Å². The van der Waals surface area contributed by atoms with Crippen LogP contribution in [0.2, 0.25) is 0 Å². The van der Waals surface area contributed by atoms with Crippen molar-refractivity contribution in [3.63, 3.8) is 0 Å². The van der Waals surface area contributed by atoms with Gasteiger partial charge in [0.25, 0.3) is 0 Å². The van der Waals surface area contributed by atoms with Crippen LogP contribution in [0.3, 0.4) is 0 Å². The highest BCUT2D eigenvalue weighted by atomic mass is 16.5. The fourth-order valence-corrected chi connectivity index (χ4v) is 2.43. The normalized spacial score (nSPS) is 17.1. The number of hydrogen-bond acceptors (Lipinski definition) is 4. The van der Waals surface area contributed by atoms with E-state index < -0.39 is 0 Å². The molecule has 0 radical (unpaired) electrons. The monoisotopic (exact) mass is 359 g/mol. The number of hydrogen-bond donors (Lipinski definition) is 2. The summed E-state index contributed by atoms with van der Waals surface area (Å²) in [5, 5.41) is 14.3. The third-order valence-corrected chi connectivity index (χ3v) is 3.72. The number of nitrogens with one attached hydrogen (secondary N) is 1. The number of ether oxygens (including phenoxy) is 1. The molecule has 1 fully saturated rings. The molecule has 0 amide bonds. The van der Waals surface area contributed by atoms with Crippen LogP contribution in [0, 0.1) is 0 Å². The van der Waals surface area contributed by atoms with Crippen LogP contribution in [-0.4, -0.2) is 36.9 Å². The van der Waals surface area contributed by atoms with Gasteiger partial charge in [0, 0.05) is 0 Å². The first-order valence-electron chi connectivity index (χ1n) is 9.16. The van der Waals surface area contributed by atoms with E-state index in [1.165, 1.54) is 0 Å². The Morgan fingerprint density at radius 2 is 2.04 bits per heavy atom. The second-order valence-electron chi connectivity index (χ2n) is 5.33. The van der Waals surface area contributed by atoms with E-state index in [-0.39, 0.29) is 18.6 Å². The highest BCUT2D eigenvalue weighted by Crippen LogP contribution is 2.06. The molecule has 1 aliphatic heterocycles. The van der Waals surface area contributed by atoms with Gasteiger partial charge in [0.1, 0.15) is 12.6 Å². The van der Waals surface area contributed by atoms with E-state index in [4.69, 9.17) is 9.84 Å². The number of aliphatic hydroxyl groups excluding tert-OH is 1. The van der Waals surface area contributed by atoms with Gasteiger partial charge in [0.05, 0.1) is 6.61 Å². The van der Waals surface area contributed by atoms with E-state index in [9.17, 15) is 4.79 Å². The number of esters is 1. The molecule has 0 aliphatic carbocycles. The lowest BCUT2D eigenvalue weighted by molar-refractivity contribution is -0.144. The number of benzene rings is 1. The van der Waals surface area contributed by atoms with Gasteiger partial charge in [-0.2, -0.15) is 0 Å². The van der Waals surface area contributed by atoms with Crippen LogP contribution in [0.5, 0.6) is 0 Å². The highest BCUT2D eigenvalue weighted by Gasteiger charge is 2.22. The van der Waals surface area contributed by atoms with Crippen LogP contribution in [0.25, 0.3) is 11.6 Å². The third kappa shape index (κ3) is 8.28. The van der Waals surface area contributed by atoms with Crippen molar-refractivity contribution in [3.05, 3.63) is 60.0 Å². The molecule has 1 saturated heterocycles. The Bertz CT molecular complexity index is 658. The largest absolute Gasteiger partial charge is 0.460 e. The van der Waals surface area contributed by atoms with E-state index in [0.29, 0.717) is 6.61 Å². The van der Waals surface area contributed by atoms with Crippen LogP contribution in [0.4, 0.5) is 0 Å². The van der Waals surface area contributed by atoms with Crippen molar-refractivity contribution in [2.45, 2.75) is 39.7 Å². The Morgan fingerprint density at radius 1 is 1.35 bits per heavy atom. The first-order chi connectivity index (χ1) is 12.7. The minimum Gasteiger partial charge on any atom is -0.460 e. The minimum absolute atomic E-state index is 0.0361. The summed E-state index contributed by atoms with van der Waals surface area (Å²) in [5.41, 5.74) is 0.869. The van der Waals surface area contributed by atoms with Crippen LogP contribution >= 0.6 is 0 Å². The van der Waals surface area contributed by atoms with Crippen LogP contribution in [0.15, 0.2) is 49.6 Å². The van der Waals surface area contributed by atoms with E-state index in [0.717, 1.165) is 35.4 Å². The van der Waals surface area contributed by atoms with Crippen molar-refractivity contribution >= 4 is 17.6 Å². The maximum atomic E-state index is 11.1. The lowest BCUT2D eigenvalue weighted by Crippen LogP contribution is -2.32. The summed E-state index contributed by atoms with van der Waals surface area (Å²) >= 11 is 0. The zero-order valence-electron chi connectivity index (χ0n) is 16.3. The molecular weight excluding hydrogens is 326 g/mol. The average Bonchev–Trinajstić information content (AvgIpc) is 3.24. The number of carbonyl (C=O) groups is 1.